The topological polar surface area (TPSA) is 160 Å². The number of rotatable bonds is 26. The first-order valence-electron chi connectivity index (χ1n) is 15.3. The molecule has 1 aromatic rings. The molecule has 1 rings (SSSR count). The average Bonchev–Trinajstić information content (AvgIpc) is 2.95. The molecule has 0 aromatic heterocycles. The number of hydrazone groups is 1. The molecule has 0 aliphatic heterocycles. The minimum atomic E-state index is -1.52. The quantitative estimate of drug-likeness (QED) is 0.0427. The van der Waals surface area contributed by atoms with Gasteiger partial charge in [0.1, 0.15) is 6.04 Å². The van der Waals surface area contributed by atoms with Crippen molar-refractivity contribution >= 4 is 37.1 Å². The van der Waals surface area contributed by atoms with Gasteiger partial charge in [0.15, 0.2) is 0 Å². The Balaban J connectivity index is 1.83. The Labute approximate surface area is 245 Å². The lowest BCUT2D eigenvalue weighted by Crippen LogP contribution is -2.33. The molecule has 0 bridgehead atoms. The molecule has 0 aliphatic rings. The van der Waals surface area contributed by atoms with Gasteiger partial charge in [-0.3, -0.25) is 15.0 Å². The number of nitrogens with zero attached hydrogens (tertiary/aromatic N) is 1. The van der Waals surface area contributed by atoms with Gasteiger partial charge in [0.25, 0.3) is 5.91 Å². The van der Waals surface area contributed by atoms with Gasteiger partial charge in [-0.2, -0.15) is 5.10 Å². The molecular weight excluding hydrogens is 523 g/mol. The van der Waals surface area contributed by atoms with E-state index >= 15 is 0 Å². The molecule has 0 spiro atoms. The summed E-state index contributed by atoms with van der Waals surface area (Å²) >= 11 is 0. The molecule has 1 aromatic carbocycles. The number of nitrogens with one attached hydrogen (secondary N) is 3. The number of aliphatic carboxylic acids is 1. The van der Waals surface area contributed by atoms with Gasteiger partial charge in [-0.25, -0.2) is 4.79 Å². The highest BCUT2D eigenvalue weighted by atomic mass is 16.4. The number of hydrogen-bond donors (Lipinski definition) is 6. The highest BCUT2D eigenvalue weighted by Crippen LogP contribution is 2.13. The maximum absolute atomic E-state index is 12.1. The maximum atomic E-state index is 12.1. The fourth-order valence-electron chi connectivity index (χ4n) is 4.61. The standard InChI is InChI=1S/C30H51BN4O6/c1-32-35-27(30(38)39)17-14-16-23-33-28(36)18-13-11-9-7-5-3-2-4-6-8-10-12-15-24-34-29(37)25-19-21-26(22-20-25)31(40)41/h19-22,27,35,40-41H,1-18,23-24H2,(H,33,36)(H,34,37)(H,38,39)/t27-/m0/s1. The van der Waals surface area contributed by atoms with Crippen molar-refractivity contribution in [2.24, 2.45) is 5.10 Å². The van der Waals surface area contributed by atoms with Crippen LogP contribution in [0, 0.1) is 0 Å². The minimum absolute atomic E-state index is 0.0720. The lowest BCUT2D eigenvalue weighted by atomic mass is 9.80. The molecule has 0 saturated heterocycles. The van der Waals surface area contributed by atoms with Crippen LogP contribution < -0.4 is 21.5 Å². The van der Waals surface area contributed by atoms with E-state index in [1.165, 1.54) is 57.8 Å². The van der Waals surface area contributed by atoms with E-state index in [0.29, 0.717) is 43.4 Å². The van der Waals surface area contributed by atoms with Crippen molar-refractivity contribution in [3.8, 4) is 0 Å². The number of hydrogen-bond acceptors (Lipinski definition) is 7. The molecule has 0 unspecified atom stereocenters. The van der Waals surface area contributed by atoms with Crippen molar-refractivity contribution in [1.29, 1.82) is 0 Å². The number of unbranched alkanes of at least 4 members (excludes halogenated alkanes) is 13. The molecule has 0 heterocycles. The SMILES string of the molecule is C=NN[C@@H](CCCCNC(=O)CCCCCCCCCCCCCCCNC(=O)c1ccc(B(O)O)cc1)C(=O)O. The zero-order valence-corrected chi connectivity index (χ0v) is 24.6. The Kier molecular flexibility index (Phi) is 20.9. The molecule has 1 atom stereocenters. The van der Waals surface area contributed by atoms with Crippen LogP contribution in [0.4, 0.5) is 0 Å². The van der Waals surface area contributed by atoms with Crippen molar-refractivity contribution in [3.05, 3.63) is 29.8 Å². The number of carboxylic acids is 1. The summed E-state index contributed by atoms with van der Waals surface area (Å²) in [7, 11) is -1.52. The Hall–Kier alpha value is -2.92. The third-order valence-corrected chi connectivity index (χ3v) is 7.12. The Morgan fingerprint density at radius 1 is 0.732 bits per heavy atom. The maximum Gasteiger partial charge on any atom is 0.488 e. The second kappa shape index (κ2) is 23.8. The summed E-state index contributed by atoms with van der Waals surface area (Å²) in [4.78, 5) is 35.0. The summed E-state index contributed by atoms with van der Waals surface area (Å²) in [5, 5.41) is 36.5. The van der Waals surface area contributed by atoms with E-state index in [9.17, 15) is 14.4 Å². The zero-order valence-electron chi connectivity index (χ0n) is 24.6. The molecule has 41 heavy (non-hydrogen) atoms. The van der Waals surface area contributed by atoms with E-state index in [1.54, 1.807) is 24.3 Å². The fourth-order valence-corrected chi connectivity index (χ4v) is 4.61. The van der Waals surface area contributed by atoms with Gasteiger partial charge in [-0.05, 0) is 49.7 Å². The lowest BCUT2D eigenvalue weighted by Gasteiger charge is -2.11. The van der Waals surface area contributed by atoms with E-state index < -0.39 is 19.1 Å². The number of benzene rings is 1. The number of carbonyl (C=O) groups is 3. The van der Waals surface area contributed by atoms with E-state index in [0.717, 1.165) is 32.1 Å². The number of carboxylic acid groups (broad SMARTS) is 1. The van der Waals surface area contributed by atoms with Gasteiger partial charge < -0.3 is 25.8 Å². The molecule has 2 amide bonds. The normalized spacial score (nSPS) is 11.5. The second-order valence-electron chi connectivity index (χ2n) is 10.6. The summed E-state index contributed by atoms with van der Waals surface area (Å²) in [6.07, 6.45) is 17.6. The molecule has 6 N–H and O–H groups in total. The highest BCUT2D eigenvalue weighted by Gasteiger charge is 2.15. The first-order valence-corrected chi connectivity index (χ1v) is 15.3. The van der Waals surface area contributed by atoms with Crippen LogP contribution in [-0.4, -0.2) is 65.9 Å². The van der Waals surface area contributed by atoms with Gasteiger partial charge in [-0.15, -0.1) is 0 Å². The lowest BCUT2D eigenvalue weighted by molar-refractivity contribution is -0.139. The van der Waals surface area contributed by atoms with Crippen molar-refractivity contribution in [2.45, 2.75) is 115 Å². The summed E-state index contributed by atoms with van der Waals surface area (Å²) in [5.74, 6) is -1.01. The highest BCUT2D eigenvalue weighted by molar-refractivity contribution is 6.58. The molecule has 0 aliphatic carbocycles. The van der Waals surface area contributed by atoms with Crippen LogP contribution in [0.25, 0.3) is 0 Å². The Bertz CT molecular complexity index is 869. The largest absolute Gasteiger partial charge is 0.488 e. The molecule has 0 saturated carbocycles. The molecule has 11 heteroatoms. The Morgan fingerprint density at radius 3 is 1.73 bits per heavy atom. The van der Waals surface area contributed by atoms with Crippen LogP contribution in [0.5, 0.6) is 0 Å². The second-order valence-corrected chi connectivity index (χ2v) is 10.6. The van der Waals surface area contributed by atoms with Crippen LogP contribution in [-0.2, 0) is 9.59 Å². The molecule has 230 valence electrons. The van der Waals surface area contributed by atoms with Gasteiger partial charge in [0, 0.05) is 31.8 Å². The predicted molar refractivity (Wildman–Crippen MR) is 164 cm³/mol. The first kappa shape index (κ1) is 36.1. The molecular formula is C30H51BN4O6. The summed E-state index contributed by atoms with van der Waals surface area (Å²) in [6.45, 7) is 4.47. The molecule has 0 radical (unpaired) electrons. The van der Waals surface area contributed by atoms with E-state index in [4.69, 9.17) is 15.2 Å². The molecule has 10 nitrogen and oxygen atoms in total. The third-order valence-electron chi connectivity index (χ3n) is 7.12. The summed E-state index contributed by atoms with van der Waals surface area (Å²) < 4.78 is 0. The third kappa shape index (κ3) is 18.9. The van der Waals surface area contributed by atoms with E-state index in [1.807, 2.05) is 0 Å². The van der Waals surface area contributed by atoms with E-state index in [2.05, 4.69) is 27.9 Å². The van der Waals surface area contributed by atoms with Crippen molar-refractivity contribution < 1.29 is 29.5 Å². The fraction of sp³-hybridized carbons (Fsp3) is 0.667. The zero-order chi connectivity index (χ0) is 30.1. The van der Waals surface area contributed by atoms with Crippen molar-refractivity contribution in [1.82, 2.24) is 16.1 Å². The summed E-state index contributed by atoms with van der Waals surface area (Å²) in [5.41, 5.74) is 3.36. The van der Waals surface area contributed by atoms with Gasteiger partial charge in [-0.1, -0.05) is 82.8 Å². The van der Waals surface area contributed by atoms with Crippen LogP contribution in [0.1, 0.15) is 120 Å². The summed E-state index contributed by atoms with van der Waals surface area (Å²) in [6, 6.07) is 5.56. The number of amides is 2. The average molecular weight is 575 g/mol. The number of carbonyl (C=O) groups excluding carboxylic acids is 2. The molecule has 0 fully saturated rings. The minimum Gasteiger partial charge on any atom is -0.480 e. The van der Waals surface area contributed by atoms with Gasteiger partial charge >= 0.3 is 13.1 Å². The van der Waals surface area contributed by atoms with Crippen molar-refractivity contribution in [2.75, 3.05) is 13.1 Å². The monoisotopic (exact) mass is 574 g/mol. The van der Waals surface area contributed by atoms with Crippen LogP contribution in [0.2, 0.25) is 0 Å². The van der Waals surface area contributed by atoms with E-state index in [-0.39, 0.29) is 11.8 Å². The first-order chi connectivity index (χ1) is 19.8. The van der Waals surface area contributed by atoms with Crippen molar-refractivity contribution in [3.63, 3.8) is 0 Å². The van der Waals surface area contributed by atoms with Gasteiger partial charge in [0.2, 0.25) is 5.91 Å². The van der Waals surface area contributed by atoms with Gasteiger partial charge in [0.05, 0.1) is 0 Å². The smallest absolute Gasteiger partial charge is 0.480 e. The van der Waals surface area contributed by atoms with Crippen LogP contribution in [0.15, 0.2) is 29.4 Å². The van der Waals surface area contributed by atoms with Crippen LogP contribution in [0.3, 0.4) is 0 Å². The van der Waals surface area contributed by atoms with Crippen LogP contribution >= 0.6 is 0 Å². The predicted octanol–water partition coefficient (Wildman–Crippen LogP) is 3.50. The Morgan fingerprint density at radius 2 is 1.22 bits per heavy atom.